The number of benzene rings is 1. The van der Waals surface area contributed by atoms with Gasteiger partial charge in [-0.3, -0.25) is 9.59 Å². The molecule has 17 heavy (non-hydrogen) atoms. The highest BCUT2D eigenvalue weighted by atomic mass is 19.1. The van der Waals surface area contributed by atoms with Crippen LogP contribution < -0.4 is 0 Å². The maximum atomic E-state index is 12.7. The minimum Gasteiger partial charge on any atom is -0.457 e. The van der Waals surface area contributed by atoms with E-state index in [-0.39, 0.29) is 18.2 Å². The highest BCUT2D eigenvalue weighted by molar-refractivity contribution is 6.04. The van der Waals surface area contributed by atoms with Crippen molar-refractivity contribution in [3.63, 3.8) is 0 Å². The summed E-state index contributed by atoms with van der Waals surface area (Å²) in [7, 11) is 0. The maximum absolute atomic E-state index is 12.7. The van der Waals surface area contributed by atoms with Crippen LogP contribution in [0.4, 0.5) is 4.39 Å². The first-order valence-electron chi connectivity index (χ1n) is 5.60. The van der Waals surface area contributed by atoms with E-state index in [9.17, 15) is 14.0 Å². The molecule has 1 unspecified atom stereocenters. The van der Waals surface area contributed by atoms with Crippen LogP contribution >= 0.6 is 0 Å². The van der Waals surface area contributed by atoms with Crippen molar-refractivity contribution in [2.75, 3.05) is 6.61 Å². The van der Waals surface area contributed by atoms with Crippen molar-refractivity contribution in [3.8, 4) is 0 Å². The van der Waals surface area contributed by atoms with Crippen molar-refractivity contribution in [1.29, 1.82) is 0 Å². The summed E-state index contributed by atoms with van der Waals surface area (Å²) >= 11 is 0. The molecule has 1 aromatic rings. The van der Waals surface area contributed by atoms with Gasteiger partial charge in [-0.25, -0.2) is 4.39 Å². The number of aryl methyl sites for hydroxylation is 1. The number of carbonyl (C=O) groups is 2. The van der Waals surface area contributed by atoms with Crippen LogP contribution in [-0.2, 0) is 20.7 Å². The highest BCUT2D eigenvalue weighted by Gasteiger charge is 2.34. The monoisotopic (exact) mass is 236 g/mol. The number of hydrogen-bond donors (Lipinski definition) is 0. The summed E-state index contributed by atoms with van der Waals surface area (Å²) in [6, 6.07) is 6.24. The lowest BCUT2D eigenvalue weighted by Crippen LogP contribution is -2.15. The van der Waals surface area contributed by atoms with Gasteiger partial charge in [0.25, 0.3) is 0 Å². The maximum Gasteiger partial charge on any atom is 0.317 e. The molecule has 0 N–H and O–H groups in total. The molecule has 1 fully saturated rings. The quantitative estimate of drug-likeness (QED) is 0.592. The van der Waals surface area contributed by atoms with Crippen molar-refractivity contribution >= 4 is 11.8 Å². The lowest BCUT2D eigenvalue weighted by atomic mass is 9.98. The summed E-state index contributed by atoms with van der Waals surface area (Å²) in [5.74, 6) is -1.39. The second-order valence-corrected chi connectivity index (χ2v) is 4.15. The molecule has 0 amide bonds. The van der Waals surface area contributed by atoms with E-state index in [4.69, 9.17) is 0 Å². The van der Waals surface area contributed by atoms with Crippen LogP contribution in [0.15, 0.2) is 24.3 Å². The van der Waals surface area contributed by atoms with Crippen LogP contribution in [0.25, 0.3) is 0 Å². The number of halogens is 1. The van der Waals surface area contributed by atoms with Crippen LogP contribution in [0.2, 0.25) is 0 Å². The summed E-state index contributed by atoms with van der Waals surface area (Å²) in [6.07, 6.45) is 1.96. The molecule has 0 radical (unpaired) electrons. The lowest BCUT2D eigenvalue weighted by molar-refractivity contribution is -0.141. The third-order valence-electron chi connectivity index (χ3n) is 2.90. The van der Waals surface area contributed by atoms with Gasteiger partial charge in [0.1, 0.15) is 11.7 Å². The fourth-order valence-corrected chi connectivity index (χ4v) is 1.92. The van der Waals surface area contributed by atoms with E-state index in [1.165, 1.54) is 12.1 Å². The van der Waals surface area contributed by atoms with Crippen molar-refractivity contribution in [3.05, 3.63) is 35.6 Å². The molecule has 0 spiro atoms. The van der Waals surface area contributed by atoms with Gasteiger partial charge in [0, 0.05) is 0 Å². The highest BCUT2D eigenvalue weighted by Crippen LogP contribution is 2.18. The first kappa shape index (κ1) is 11.8. The molecule has 0 saturated carbocycles. The van der Waals surface area contributed by atoms with Crippen LogP contribution in [0, 0.1) is 11.7 Å². The molecular weight excluding hydrogens is 223 g/mol. The van der Waals surface area contributed by atoms with E-state index in [1.54, 1.807) is 12.1 Å². The fraction of sp³-hybridized carbons (Fsp3) is 0.385. The number of hydrogen-bond acceptors (Lipinski definition) is 3. The molecule has 90 valence electrons. The van der Waals surface area contributed by atoms with Crippen molar-refractivity contribution in [1.82, 2.24) is 0 Å². The molecular formula is C13H13FO3. The molecule has 0 aliphatic carbocycles. The summed E-state index contributed by atoms with van der Waals surface area (Å²) in [4.78, 5) is 22.5. The number of esters is 1. The van der Waals surface area contributed by atoms with Gasteiger partial charge < -0.3 is 4.74 Å². The molecule has 1 aliphatic heterocycles. The Kier molecular flexibility index (Phi) is 3.52. The van der Waals surface area contributed by atoms with E-state index in [2.05, 4.69) is 4.74 Å². The van der Waals surface area contributed by atoms with Gasteiger partial charge in [0.05, 0.1) is 0 Å². The SMILES string of the molecule is O=C1COC(=O)C1CCCc1ccc(F)cc1. The Morgan fingerprint density at radius 1 is 1.24 bits per heavy atom. The molecule has 1 saturated heterocycles. The predicted octanol–water partition coefficient (Wildman–Crippen LogP) is 1.89. The van der Waals surface area contributed by atoms with Gasteiger partial charge in [0.2, 0.25) is 0 Å². The molecule has 1 aromatic carbocycles. The van der Waals surface area contributed by atoms with Crippen molar-refractivity contribution in [2.45, 2.75) is 19.3 Å². The van der Waals surface area contributed by atoms with Gasteiger partial charge in [-0.1, -0.05) is 12.1 Å². The van der Waals surface area contributed by atoms with E-state index in [1.807, 2.05) is 0 Å². The normalized spacial score (nSPS) is 19.5. The van der Waals surface area contributed by atoms with Gasteiger partial charge >= 0.3 is 5.97 Å². The molecule has 3 nitrogen and oxygen atoms in total. The topological polar surface area (TPSA) is 43.4 Å². The van der Waals surface area contributed by atoms with E-state index >= 15 is 0 Å². The molecule has 1 atom stereocenters. The molecule has 0 bridgehead atoms. The van der Waals surface area contributed by atoms with Gasteiger partial charge in [-0.15, -0.1) is 0 Å². The Morgan fingerprint density at radius 3 is 2.53 bits per heavy atom. The zero-order chi connectivity index (χ0) is 12.3. The third-order valence-corrected chi connectivity index (χ3v) is 2.90. The largest absolute Gasteiger partial charge is 0.457 e. The summed E-state index contributed by atoms with van der Waals surface area (Å²) in [6.45, 7) is -0.0833. The Morgan fingerprint density at radius 2 is 1.94 bits per heavy atom. The number of rotatable bonds is 4. The average Bonchev–Trinajstić information content (AvgIpc) is 2.63. The molecule has 1 heterocycles. The van der Waals surface area contributed by atoms with Crippen LogP contribution in [0.3, 0.4) is 0 Å². The first-order chi connectivity index (χ1) is 8.16. The zero-order valence-corrected chi connectivity index (χ0v) is 9.32. The van der Waals surface area contributed by atoms with E-state index in [0.717, 1.165) is 18.4 Å². The van der Waals surface area contributed by atoms with Crippen LogP contribution in [0.1, 0.15) is 18.4 Å². The first-order valence-corrected chi connectivity index (χ1v) is 5.60. The summed E-state index contributed by atoms with van der Waals surface area (Å²) < 4.78 is 17.3. The van der Waals surface area contributed by atoms with Crippen LogP contribution in [-0.4, -0.2) is 18.4 Å². The predicted molar refractivity (Wildman–Crippen MR) is 58.8 cm³/mol. The Bertz CT molecular complexity index is 409. The minimum absolute atomic E-state index is 0.0833. The van der Waals surface area contributed by atoms with Crippen molar-refractivity contribution in [2.24, 2.45) is 5.92 Å². The van der Waals surface area contributed by atoms with Gasteiger partial charge in [-0.05, 0) is 37.0 Å². The Labute approximate surface area is 98.6 Å². The zero-order valence-electron chi connectivity index (χ0n) is 9.32. The standard InChI is InChI=1S/C13H13FO3/c14-10-6-4-9(5-7-10)2-1-3-11-12(15)8-17-13(11)16/h4-7,11H,1-3,8H2. The number of carbonyl (C=O) groups excluding carboxylic acids is 2. The van der Waals surface area contributed by atoms with Crippen molar-refractivity contribution < 1.29 is 18.7 Å². The molecule has 1 aliphatic rings. The number of ketones is 1. The number of Topliss-reactive ketones (excluding diaryl/α,β-unsaturated/α-hetero) is 1. The lowest BCUT2D eigenvalue weighted by Gasteiger charge is -2.04. The number of cyclic esters (lactones) is 1. The summed E-state index contributed by atoms with van der Waals surface area (Å²) in [5, 5.41) is 0. The average molecular weight is 236 g/mol. The van der Waals surface area contributed by atoms with E-state index < -0.39 is 11.9 Å². The van der Waals surface area contributed by atoms with Gasteiger partial charge in [0.15, 0.2) is 12.4 Å². The second kappa shape index (κ2) is 5.08. The third kappa shape index (κ3) is 2.90. The Balaban J connectivity index is 1.81. The minimum atomic E-state index is -0.588. The van der Waals surface area contributed by atoms with E-state index in [0.29, 0.717) is 6.42 Å². The Hall–Kier alpha value is -1.71. The molecule has 4 heteroatoms. The fourth-order valence-electron chi connectivity index (χ4n) is 1.92. The summed E-state index contributed by atoms with van der Waals surface area (Å²) in [5.41, 5.74) is 1.00. The molecule has 2 rings (SSSR count). The second-order valence-electron chi connectivity index (χ2n) is 4.15. The van der Waals surface area contributed by atoms with Crippen LogP contribution in [0.5, 0.6) is 0 Å². The van der Waals surface area contributed by atoms with Gasteiger partial charge in [-0.2, -0.15) is 0 Å². The molecule has 0 aromatic heterocycles. The number of ether oxygens (including phenoxy) is 1. The smallest absolute Gasteiger partial charge is 0.317 e.